The minimum atomic E-state index is -0.0368. The van der Waals surface area contributed by atoms with E-state index in [9.17, 15) is 9.90 Å². The first-order chi connectivity index (χ1) is 9.99. The maximum atomic E-state index is 11.8. The third-order valence-electron chi connectivity index (χ3n) is 3.10. The molecule has 0 aromatic heterocycles. The summed E-state index contributed by atoms with van der Waals surface area (Å²) < 4.78 is 0. The molecule has 0 heterocycles. The number of phenols is 1. The lowest BCUT2D eigenvalue weighted by Gasteiger charge is -2.12. The number of aromatic hydroxyl groups is 1. The monoisotopic (exact) mass is 304 g/mol. The zero-order valence-electron chi connectivity index (χ0n) is 11.9. The number of nitrogens with zero attached hydrogens (tertiary/aromatic N) is 1. The topological polar surface area (TPSA) is 52.6 Å². The fraction of sp³-hybridized carbons (Fsp3) is 0.188. The summed E-state index contributed by atoms with van der Waals surface area (Å²) in [6, 6.07) is 12.2. The van der Waals surface area contributed by atoms with Gasteiger partial charge in [0.05, 0.1) is 0 Å². The molecule has 0 unspecified atom stereocenters. The highest BCUT2D eigenvalue weighted by Gasteiger charge is 2.08. The fourth-order valence-electron chi connectivity index (χ4n) is 1.90. The van der Waals surface area contributed by atoms with Crippen molar-refractivity contribution in [1.29, 1.82) is 0 Å². The van der Waals surface area contributed by atoms with Gasteiger partial charge in [-0.3, -0.25) is 4.79 Å². The molecule has 0 aliphatic heterocycles. The molecule has 0 aliphatic carbocycles. The highest BCUT2D eigenvalue weighted by molar-refractivity contribution is 6.31. The molecule has 2 rings (SSSR count). The average molecular weight is 305 g/mol. The van der Waals surface area contributed by atoms with Crippen molar-refractivity contribution >= 4 is 23.2 Å². The quantitative estimate of drug-likeness (QED) is 0.910. The molecular weight excluding hydrogens is 288 g/mol. The second-order valence-electron chi connectivity index (χ2n) is 4.87. The number of hydrogen-bond donors (Lipinski definition) is 2. The maximum Gasteiger partial charge on any atom is 0.253 e. The first-order valence-corrected chi connectivity index (χ1v) is 6.89. The van der Waals surface area contributed by atoms with Crippen LogP contribution in [0.5, 0.6) is 5.75 Å². The van der Waals surface area contributed by atoms with E-state index in [-0.39, 0.29) is 11.7 Å². The van der Waals surface area contributed by atoms with Gasteiger partial charge in [0.1, 0.15) is 5.75 Å². The van der Waals surface area contributed by atoms with Crippen molar-refractivity contribution in [2.24, 2.45) is 0 Å². The van der Waals surface area contributed by atoms with Gasteiger partial charge in [0.25, 0.3) is 5.91 Å². The van der Waals surface area contributed by atoms with Crippen LogP contribution in [0.1, 0.15) is 15.9 Å². The number of amides is 1. The smallest absolute Gasteiger partial charge is 0.253 e. The summed E-state index contributed by atoms with van der Waals surface area (Å²) in [7, 11) is 3.43. The number of nitrogens with one attached hydrogen (secondary N) is 1. The van der Waals surface area contributed by atoms with Gasteiger partial charge in [0.2, 0.25) is 0 Å². The van der Waals surface area contributed by atoms with Crippen LogP contribution in [0.2, 0.25) is 5.02 Å². The number of rotatable bonds is 4. The van der Waals surface area contributed by atoms with Gasteiger partial charge in [-0.25, -0.2) is 0 Å². The van der Waals surface area contributed by atoms with E-state index in [0.29, 0.717) is 22.7 Å². The number of anilines is 1. The molecule has 1 amide bonds. The molecular formula is C16H17ClN2O2. The summed E-state index contributed by atoms with van der Waals surface area (Å²) in [6.07, 6.45) is 0. The number of benzene rings is 2. The van der Waals surface area contributed by atoms with Gasteiger partial charge >= 0.3 is 0 Å². The van der Waals surface area contributed by atoms with E-state index >= 15 is 0 Å². The van der Waals surface area contributed by atoms with Gasteiger partial charge in [-0.05, 0) is 36.4 Å². The molecule has 0 atom stereocenters. The van der Waals surface area contributed by atoms with Gasteiger partial charge in [-0.15, -0.1) is 0 Å². The lowest BCUT2D eigenvalue weighted by molar-refractivity contribution is 0.0827. The van der Waals surface area contributed by atoms with Crippen molar-refractivity contribution in [2.75, 3.05) is 19.4 Å². The summed E-state index contributed by atoms with van der Waals surface area (Å²) >= 11 is 6.05. The van der Waals surface area contributed by atoms with Crippen LogP contribution in [-0.2, 0) is 6.54 Å². The third kappa shape index (κ3) is 3.67. The van der Waals surface area contributed by atoms with Gasteiger partial charge in [0.15, 0.2) is 0 Å². The van der Waals surface area contributed by atoms with E-state index in [2.05, 4.69) is 5.32 Å². The lowest BCUT2D eigenvalue weighted by Crippen LogP contribution is -2.21. The van der Waals surface area contributed by atoms with Crippen LogP contribution in [-0.4, -0.2) is 30.0 Å². The van der Waals surface area contributed by atoms with Crippen molar-refractivity contribution in [2.45, 2.75) is 6.54 Å². The Morgan fingerprint density at radius 1 is 1.19 bits per heavy atom. The number of hydrogen-bond acceptors (Lipinski definition) is 3. The number of carbonyl (C=O) groups excluding carboxylic acids is 1. The van der Waals surface area contributed by atoms with Gasteiger partial charge in [-0.2, -0.15) is 0 Å². The van der Waals surface area contributed by atoms with E-state index in [1.807, 2.05) is 12.1 Å². The molecule has 0 saturated carbocycles. The molecule has 4 nitrogen and oxygen atoms in total. The van der Waals surface area contributed by atoms with Crippen molar-refractivity contribution in [3.8, 4) is 5.75 Å². The highest BCUT2D eigenvalue weighted by atomic mass is 35.5. The molecule has 0 spiro atoms. The normalized spacial score (nSPS) is 10.2. The van der Waals surface area contributed by atoms with Gasteiger partial charge < -0.3 is 15.3 Å². The average Bonchev–Trinajstić information content (AvgIpc) is 2.46. The standard InChI is InChI=1S/C16H17ClN2O2/c1-19(2)16(21)11-6-8-12(9-7-11)18-10-13-14(17)4-3-5-15(13)20/h3-9,18,20H,10H2,1-2H3. The third-order valence-corrected chi connectivity index (χ3v) is 3.46. The first-order valence-electron chi connectivity index (χ1n) is 6.51. The van der Waals surface area contributed by atoms with Crippen LogP contribution >= 0.6 is 11.6 Å². The molecule has 0 saturated heterocycles. The van der Waals surface area contributed by atoms with Gasteiger partial charge in [0, 0.05) is 42.5 Å². The molecule has 2 N–H and O–H groups in total. The zero-order chi connectivity index (χ0) is 15.4. The summed E-state index contributed by atoms with van der Waals surface area (Å²) in [5, 5.41) is 13.5. The van der Waals surface area contributed by atoms with Crippen molar-refractivity contribution < 1.29 is 9.90 Å². The van der Waals surface area contributed by atoms with E-state index in [4.69, 9.17) is 11.6 Å². The van der Waals surface area contributed by atoms with Crippen molar-refractivity contribution in [3.63, 3.8) is 0 Å². The maximum absolute atomic E-state index is 11.8. The van der Waals surface area contributed by atoms with Crippen LogP contribution in [0, 0.1) is 0 Å². The molecule has 0 fully saturated rings. The molecule has 110 valence electrons. The summed E-state index contributed by atoms with van der Waals surface area (Å²) in [5.74, 6) is 0.125. The minimum Gasteiger partial charge on any atom is -0.508 e. The van der Waals surface area contributed by atoms with E-state index in [0.717, 1.165) is 5.69 Å². The van der Waals surface area contributed by atoms with Crippen LogP contribution in [0.15, 0.2) is 42.5 Å². The number of phenolic OH excluding ortho intramolecular Hbond substituents is 1. The Labute approximate surface area is 129 Å². The molecule has 0 radical (unpaired) electrons. The van der Waals surface area contributed by atoms with Crippen LogP contribution in [0.4, 0.5) is 5.69 Å². The Morgan fingerprint density at radius 3 is 2.43 bits per heavy atom. The molecule has 5 heteroatoms. The number of halogens is 1. The van der Waals surface area contributed by atoms with E-state index in [1.54, 1.807) is 44.4 Å². The molecule has 0 bridgehead atoms. The fourth-order valence-corrected chi connectivity index (χ4v) is 2.14. The SMILES string of the molecule is CN(C)C(=O)c1ccc(NCc2c(O)cccc2Cl)cc1. The molecule has 2 aromatic carbocycles. The summed E-state index contributed by atoms with van der Waals surface area (Å²) in [4.78, 5) is 13.3. The Morgan fingerprint density at radius 2 is 1.86 bits per heavy atom. The lowest BCUT2D eigenvalue weighted by atomic mass is 10.1. The van der Waals surface area contributed by atoms with Crippen LogP contribution in [0.25, 0.3) is 0 Å². The van der Waals surface area contributed by atoms with Crippen LogP contribution in [0.3, 0.4) is 0 Å². The minimum absolute atomic E-state index is 0.0368. The Kier molecular flexibility index (Phi) is 4.70. The molecule has 0 aliphatic rings. The Hall–Kier alpha value is -2.20. The van der Waals surface area contributed by atoms with Gasteiger partial charge in [-0.1, -0.05) is 17.7 Å². The van der Waals surface area contributed by atoms with Crippen molar-refractivity contribution in [1.82, 2.24) is 4.90 Å². The number of carbonyl (C=O) groups is 1. The van der Waals surface area contributed by atoms with Crippen LogP contribution < -0.4 is 5.32 Å². The predicted molar refractivity (Wildman–Crippen MR) is 84.9 cm³/mol. The first kappa shape index (κ1) is 15.2. The largest absolute Gasteiger partial charge is 0.508 e. The molecule has 2 aromatic rings. The second-order valence-corrected chi connectivity index (χ2v) is 5.28. The van der Waals surface area contributed by atoms with E-state index in [1.165, 1.54) is 4.90 Å². The highest BCUT2D eigenvalue weighted by Crippen LogP contribution is 2.26. The summed E-state index contributed by atoms with van der Waals surface area (Å²) in [6.45, 7) is 0.409. The Bertz CT molecular complexity index is 619. The zero-order valence-corrected chi connectivity index (χ0v) is 12.7. The molecule has 21 heavy (non-hydrogen) atoms. The second kappa shape index (κ2) is 6.50. The Balaban J connectivity index is 2.06. The van der Waals surface area contributed by atoms with Crippen molar-refractivity contribution in [3.05, 3.63) is 58.6 Å². The summed E-state index contributed by atoms with van der Waals surface area (Å²) in [5.41, 5.74) is 2.13. The van der Waals surface area contributed by atoms with E-state index < -0.39 is 0 Å². The predicted octanol–water partition coefficient (Wildman–Crippen LogP) is 3.36.